The summed E-state index contributed by atoms with van der Waals surface area (Å²) in [6.07, 6.45) is 4.90. The smallest absolute Gasteiger partial charge is 0.0628 e. The molecule has 76 valence electrons. The second kappa shape index (κ2) is 7.04. The summed E-state index contributed by atoms with van der Waals surface area (Å²) >= 11 is 0.114. The van der Waals surface area contributed by atoms with Crippen molar-refractivity contribution in [3.63, 3.8) is 0 Å². The Kier molecular flexibility index (Phi) is 5.92. The predicted octanol–water partition coefficient (Wildman–Crippen LogP) is 0.895. The van der Waals surface area contributed by atoms with Crippen LogP contribution in [0.4, 0.5) is 0 Å². The molecule has 0 bridgehead atoms. The minimum Gasteiger partial charge on any atom is -0.0628 e. The zero-order chi connectivity index (χ0) is 10.2. The highest BCUT2D eigenvalue weighted by Gasteiger charge is 2.04. The van der Waals surface area contributed by atoms with Gasteiger partial charge in [0.2, 0.25) is 0 Å². The lowest BCUT2D eigenvalue weighted by molar-refractivity contribution is -0.557. The molecular weight excluding hydrogens is 283 g/mol. The van der Waals surface area contributed by atoms with E-state index in [9.17, 15) is 0 Å². The Hall–Kier alpha value is -0.310. The predicted molar refractivity (Wildman–Crippen MR) is 58.4 cm³/mol. The third-order valence-corrected chi connectivity index (χ3v) is 4.23. The average Bonchev–Trinajstić information content (AvgIpc) is 2.18. The summed E-state index contributed by atoms with van der Waals surface area (Å²) in [6.45, 7) is 4.56. The van der Waals surface area contributed by atoms with E-state index in [0.717, 1.165) is 5.92 Å². The van der Waals surface area contributed by atoms with Crippen molar-refractivity contribution < 1.29 is 21.2 Å². The zero-order valence-electron chi connectivity index (χ0n) is 8.91. The van der Waals surface area contributed by atoms with Gasteiger partial charge in [-0.15, -0.1) is 0 Å². The van der Waals surface area contributed by atoms with Gasteiger partial charge in [0.1, 0.15) is 0 Å². The molecule has 14 heavy (non-hydrogen) atoms. The summed E-state index contributed by atoms with van der Waals surface area (Å²) in [5.41, 5.74) is 0. The molecule has 0 spiro atoms. The third-order valence-electron chi connectivity index (χ3n) is 1.92. The van der Waals surface area contributed by atoms with Crippen molar-refractivity contribution in [2.75, 3.05) is 0 Å². The maximum atomic E-state index is 2.39. The Labute approximate surface area is 97.7 Å². The van der Waals surface area contributed by atoms with Crippen LogP contribution in [0.25, 0.3) is 0 Å². The van der Waals surface area contributed by atoms with Crippen molar-refractivity contribution in [1.82, 2.24) is 0 Å². The highest BCUT2D eigenvalue weighted by Crippen LogP contribution is 2.02. The lowest BCUT2D eigenvalue weighted by Crippen LogP contribution is -3.59. The van der Waals surface area contributed by atoms with Gasteiger partial charge in [-0.3, -0.25) is 0 Å². The molecule has 0 aliphatic rings. The maximum Gasteiger partial charge on any atom is 0.349 e. The van der Waals surface area contributed by atoms with E-state index in [1.54, 1.807) is 0 Å². The van der Waals surface area contributed by atoms with Gasteiger partial charge < -0.3 is 0 Å². The summed E-state index contributed by atoms with van der Waals surface area (Å²) in [4.78, 5) is 0. The van der Waals surface area contributed by atoms with Crippen LogP contribution in [0.1, 0.15) is 26.7 Å². The van der Waals surface area contributed by atoms with Crippen molar-refractivity contribution in [2.45, 2.75) is 26.7 Å². The fraction of sp³-hybridized carbons (Fsp3) is 0.385. The van der Waals surface area contributed by atoms with E-state index in [4.69, 9.17) is 0 Å². The Morgan fingerprint density at radius 1 is 1.21 bits per heavy atom. The van der Waals surface area contributed by atoms with Crippen LogP contribution in [0.5, 0.6) is 0 Å². The molecule has 1 rings (SSSR count). The van der Waals surface area contributed by atoms with E-state index >= 15 is 0 Å². The number of rotatable bonds is 5. The molecule has 0 aliphatic heterocycles. The van der Waals surface area contributed by atoms with Gasteiger partial charge in [0.15, 0.2) is 7.65 Å². The summed E-state index contributed by atoms with van der Waals surface area (Å²) in [7, 11) is 0. The first kappa shape index (κ1) is 11.8. The van der Waals surface area contributed by atoms with Crippen LogP contribution >= 0.6 is 0 Å². The Morgan fingerprint density at radius 2 is 1.93 bits per heavy atom. The van der Waals surface area contributed by atoms with E-state index in [2.05, 4.69) is 54.3 Å². The molecule has 0 aliphatic carbocycles. The van der Waals surface area contributed by atoms with Crippen LogP contribution in [0.15, 0.2) is 40.5 Å². The van der Waals surface area contributed by atoms with Gasteiger partial charge in [-0.1, -0.05) is 32.0 Å². The van der Waals surface area contributed by atoms with E-state index in [0.29, 0.717) is 0 Å². The van der Waals surface area contributed by atoms with E-state index in [1.807, 2.05) is 0 Å². The molecule has 0 N–H and O–H groups in total. The second-order valence-electron chi connectivity index (χ2n) is 3.74. The van der Waals surface area contributed by atoms with Gasteiger partial charge in [0.05, 0.1) is 0 Å². The minimum atomic E-state index is 0.114. The van der Waals surface area contributed by atoms with Crippen molar-refractivity contribution in [1.29, 1.82) is 0 Å². The van der Waals surface area contributed by atoms with Gasteiger partial charge in [-0.2, -0.15) is 0 Å². The van der Waals surface area contributed by atoms with Crippen LogP contribution in [-0.2, 0) is 0 Å². The van der Waals surface area contributed by atoms with Crippen molar-refractivity contribution >= 4 is 0 Å². The maximum absolute atomic E-state index is 2.39. The van der Waals surface area contributed by atoms with Gasteiger partial charge in [0.25, 0.3) is 0 Å². The number of halogens is 1. The lowest BCUT2D eigenvalue weighted by atomic mass is 10.1. The molecule has 0 aromatic heterocycles. The number of benzene rings is 1. The second-order valence-corrected chi connectivity index (χ2v) is 6.33. The molecule has 0 fully saturated rings. The standard InChI is InChI=1S/C13H18I/c1-12(2)8-6-7-11-14-13-9-4-3-5-10-13/h3-5,7,9-12H,6,8H2,1-2H3/q+1/b11-7+. The van der Waals surface area contributed by atoms with Crippen molar-refractivity contribution in [3.05, 3.63) is 44.1 Å². The van der Waals surface area contributed by atoms with Gasteiger partial charge >= 0.3 is 21.2 Å². The van der Waals surface area contributed by atoms with Crippen LogP contribution in [0.3, 0.4) is 0 Å². The molecule has 0 amide bonds. The summed E-state index contributed by atoms with van der Waals surface area (Å²) in [5.74, 6) is 0.828. The third kappa shape index (κ3) is 5.43. The molecule has 0 saturated carbocycles. The lowest BCUT2D eigenvalue weighted by Gasteiger charge is -1.96. The Balaban J connectivity index is 2.21. The quantitative estimate of drug-likeness (QED) is 0.709. The number of hydrogen-bond acceptors (Lipinski definition) is 0. The van der Waals surface area contributed by atoms with Crippen LogP contribution < -0.4 is 21.2 Å². The molecule has 1 aromatic rings. The van der Waals surface area contributed by atoms with Gasteiger partial charge in [-0.25, -0.2) is 0 Å². The van der Waals surface area contributed by atoms with Crippen LogP contribution in [0, 0.1) is 9.49 Å². The fourth-order valence-corrected chi connectivity index (χ4v) is 2.96. The zero-order valence-corrected chi connectivity index (χ0v) is 11.1. The van der Waals surface area contributed by atoms with Gasteiger partial charge in [0, 0.05) is 0 Å². The van der Waals surface area contributed by atoms with E-state index in [-0.39, 0.29) is 21.2 Å². The van der Waals surface area contributed by atoms with Crippen molar-refractivity contribution in [3.8, 4) is 0 Å². The Bertz CT molecular complexity index is 262. The molecule has 0 saturated heterocycles. The first-order valence-corrected chi connectivity index (χ1v) is 7.45. The molecule has 0 nitrogen and oxygen atoms in total. The monoisotopic (exact) mass is 301 g/mol. The summed E-state index contributed by atoms with van der Waals surface area (Å²) in [6, 6.07) is 10.8. The fourth-order valence-electron chi connectivity index (χ4n) is 1.10. The molecule has 0 unspecified atom stereocenters. The average molecular weight is 301 g/mol. The number of allylic oxidation sites excluding steroid dienone is 1. The molecular formula is C13H18I+. The van der Waals surface area contributed by atoms with Gasteiger partial charge in [-0.05, 0) is 37.0 Å². The molecule has 1 aromatic carbocycles. The van der Waals surface area contributed by atoms with E-state index in [1.165, 1.54) is 16.4 Å². The highest BCUT2D eigenvalue weighted by atomic mass is 127. The summed E-state index contributed by atoms with van der Waals surface area (Å²) in [5, 5.41) is 0. The van der Waals surface area contributed by atoms with Crippen LogP contribution in [0.2, 0.25) is 0 Å². The van der Waals surface area contributed by atoms with E-state index < -0.39 is 0 Å². The Morgan fingerprint density at radius 3 is 2.57 bits per heavy atom. The normalized spacial score (nSPS) is 11.4. The summed E-state index contributed by atoms with van der Waals surface area (Å²) < 4.78 is 3.89. The first-order valence-electron chi connectivity index (χ1n) is 5.12. The van der Waals surface area contributed by atoms with Crippen LogP contribution in [-0.4, -0.2) is 0 Å². The first-order chi connectivity index (χ1) is 6.79. The number of hydrogen-bond donors (Lipinski definition) is 0. The molecule has 0 heterocycles. The SMILES string of the molecule is CC(C)CC/C=C/[I+]c1ccccc1. The largest absolute Gasteiger partial charge is 0.349 e. The topological polar surface area (TPSA) is 0 Å². The highest BCUT2D eigenvalue weighted by molar-refractivity contribution is 4.99. The molecule has 1 heteroatoms. The molecule has 0 atom stereocenters. The minimum absolute atomic E-state index is 0.114. The van der Waals surface area contributed by atoms with Crippen molar-refractivity contribution in [2.24, 2.45) is 5.92 Å². The molecule has 0 radical (unpaired) electrons.